The number of ketones is 1. The first-order chi connectivity index (χ1) is 16.5. The number of Topliss-reactive ketones (excluding diaryl/α,β-unsaturated/α-hetero) is 1. The molecule has 4 nitrogen and oxygen atoms in total. The van der Waals surface area contributed by atoms with Gasteiger partial charge in [0.15, 0.2) is 0 Å². The van der Waals surface area contributed by atoms with Gasteiger partial charge in [-0.25, -0.2) is 4.57 Å². The summed E-state index contributed by atoms with van der Waals surface area (Å²) in [4.78, 5) is 11.7. The monoisotopic (exact) mass is 468 g/mol. The normalized spacial score (nSPS) is 19.9. The SMILES string of the molecule is C[C@H](/C=C/P1(=O)Oc2ccc3ccccc3c2-c2c(ccc3ccccc23)O1)[C@@H]1CCC(=O)C1. The van der Waals surface area contributed by atoms with Crippen molar-refractivity contribution in [2.45, 2.75) is 26.2 Å². The quantitative estimate of drug-likeness (QED) is 0.285. The molecule has 0 radical (unpaired) electrons. The minimum absolute atomic E-state index is 0.111. The average molecular weight is 468 g/mol. The largest absolute Gasteiger partial charge is 0.455 e. The summed E-state index contributed by atoms with van der Waals surface area (Å²) in [6, 6.07) is 24.0. The third-order valence-corrected chi connectivity index (χ3v) is 8.52. The number of hydrogen-bond donors (Lipinski definition) is 0. The molecule has 1 heterocycles. The van der Waals surface area contributed by atoms with Crippen LogP contribution >= 0.6 is 7.60 Å². The molecule has 0 bridgehead atoms. The molecule has 1 aliphatic carbocycles. The molecule has 4 aromatic carbocycles. The summed E-state index contributed by atoms with van der Waals surface area (Å²) in [6.45, 7) is 2.06. The molecule has 4 aromatic rings. The molecule has 0 unspecified atom stereocenters. The summed E-state index contributed by atoms with van der Waals surface area (Å²) >= 11 is 0. The van der Waals surface area contributed by atoms with Crippen molar-refractivity contribution in [2.75, 3.05) is 0 Å². The zero-order chi connectivity index (χ0) is 23.3. The summed E-state index contributed by atoms with van der Waals surface area (Å²) in [6.07, 6.45) is 3.99. The van der Waals surface area contributed by atoms with Crippen LogP contribution < -0.4 is 9.05 Å². The Kier molecular flexibility index (Phi) is 5.08. The number of carbonyl (C=O) groups is 1. The van der Waals surface area contributed by atoms with Crippen molar-refractivity contribution in [1.29, 1.82) is 0 Å². The average Bonchev–Trinajstić information content (AvgIpc) is 3.23. The van der Waals surface area contributed by atoms with Crippen LogP contribution in [-0.4, -0.2) is 5.78 Å². The van der Waals surface area contributed by atoms with Crippen LogP contribution in [-0.2, 0) is 9.36 Å². The number of rotatable bonds is 3. The van der Waals surface area contributed by atoms with E-state index < -0.39 is 7.60 Å². The lowest BCUT2D eigenvalue weighted by molar-refractivity contribution is -0.117. The molecule has 0 saturated heterocycles. The molecule has 5 heteroatoms. The highest BCUT2D eigenvalue weighted by Gasteiger charge is 2.34. The maximum atomic E-state index is 14.0. The smallest absolute Gasteiger partial charge is 0.413 e. The number of fused-ring (bicyclic) bond motifs is 7. The molecular formula is C29H25O4P. The van der Waals surface area contributed by atoms with Crippen molar-refractivity contribution in [2.24, 2.45) is 11.8 Å². The molecule has 2 aliphatic rings. The van der Waals surface area contributed by atoms with Gasteiger partial charge in [0.2, 0.25) is 0 Å². The Morgan fingerprint density at radius 3 is 1.94 bits per heavy atom. The Balaban J connectivity index is 1.52. The first-order valence-corrected chi connectivity index (χ1v) is 13.4. The van der Waals surface area contributed by atoms with E-state index >= 15 is 0 Å². The van der Waals surface area contributed by atoms with Crippen molar-refractivity contribution in [3.63, 3.8) is 0 Å². The first-order valence-electron chi connectivity index (χ1n) is 11.7. The summed E-state index contributed by atoms with van der Waals surface area (Å²) in [5, 5.41) is 4.21. The summed E-state index contributed by atoms with van der Waals surface area (Å²) in [7, 11) is -3.65. The molecule has 6 rings (SSSR count). The minimum atomic E-state index is -3.65. The van der Waals surface area contributed by atoms with Crippen LogP contribution in [0.25, 0.3) is 32.7 Å². The maximum absolute atomic E-state index is 14.0. The fourth-order valence-corrected chi connectivity index (χ4v) is 6.71. The van der Waals surface area contributed by atoms with Crippen molar-refractivity contribution in [3.8, 4) is 22.6 Å². The van der Waals surface area contributed by atoms with Crippen molar-refractivity contribution < 1.29 is 18.4 Å². The maximum Gasteiger partial charge on any atom is 0.455 e. The van der Waals surface area contributed by atoms with Crippen LogP contribution in [0.1, 0.15) is 26.2 Å². The Morgan fingerprint density at radius 2 is 1.41 bits per heavy atom. The topological polar surface area (TPSA) is 52.6 Å². The molecule has 0 spiro atoms. The highest BCUT2D eigenvalue weighted by Crippen LogP contribution is 2.59. The molecule has 34 heavy (non-hydrogen) atoms. The summed E-state index contributed by atoms with van der Waals surface area (Å²) in [5.41, 5.74) is 1.79. The molecular weight excluding hydrogens is 443 g/mol. The van der Waals surface area contributed by atoms with E-state index in [-0.39, 0.29) is 11.8 Å². The Bertz CT molecular complexity index is 1430. The van der Waals surface area contributed by atoms with E-state index in [1.807, 2.05) is 54.6 Å². The Hall–Kier alpha value is -3.36. The van der Waals surface area contributed by atoms with Gasteiger partial charge >= 0.3 is 7.60 Å². The first kappa shape index (κ1) is 21.2. The van der Waals surface area contributed by atoms with E-state index in [9.17, 15) is 9.36 Å². The number of carbonyl (C=O) groups excluding carboxylic acids is 1. The van der Waals surface area contributed by atoms with Gasteiger partial charge < -0.3 is 9.05 Å². The molecule has 1 aliphatic heterocycles. The van der Waals surface area contributed by atoms with E-state index in [1.165, 1.54) is 0 Å². The Labute approximate surface area is 198 Å². The zero-order valence-electron chi connectivity index (χ0n) is 18.9. The minimum Gasteiger partial charge on any atom is -0.413 e. The number of hydrogen-bond acceptors (Lipinski definition) is 4. The Morgan fingerprint density at radius 1 is 0.853 bits per heavy atom. The van der Waals surface area contributed by atoms with Gasteiger partial charge in [-0.3, -0.25) is 4.79 Å². The highest BCUT2D eigenvalue weighted by atomic mass is 31.2. The summed E-state index contributed by atoms with van der Waals surface area (Å²) < 4.78 is 26.4. The third-order valence-electron chi connectivity index (χ3n) is 7.08. The predicted octanol–water partition coefficient (Wildman–Crippen LogP) is 8.14. The molecule has 0 amide bonds. The van der Waals surface area contributed by atoms with E-state index in [1.54, 1.807) is 5.82 Å². The van der Waals surface area contributed by atoms with Gasteiger partial charge in [-0.05, 0) is 51.9 Å². The molecule has 0 aromatic heterocycles. The van der Waals surface area contributed by atoms with Crippen molar-refractivity contribution >= 4 is 34.9 Å². The molecule has 170 valence electrons. The van der Waals surface area contributed by atoms with Gasteiger partial charge in [0.05, 0.1) is 0 Å². The van der Waals surface area contributed by atoms with Gasteiger partial charge in [-0.2, -0.15) is 0 Å². The van der Waals surface area contributed by atoms with Crippen LogP contribution in [0.4, 0.5) is 0 Å². The van der Waals surface area contributed by atoms with Gasteiger partial charge in [0.1, 0.15) is 17.3 Å². The highest BCUT2D eigenvalue weighted by molar-refractivity contribution is 7.58. The van der Waals surface area contributed by atoms with E-state index in [4.69, 9.17) is 9.05 Å². The molecule has 2 atom stereocenters. The summed E-state index contributed by atoms with van der Waals surface area (Å²) in [5.74, 6) is 3.37. The van der Waals surface area contributed by atoms with Gasteiger partial charge in [0.25, 0.3) is 0 Å². The second kappa shape index (κ2) is 8.14. The van der Waals surface area contributed by atoms with Gasteiger partial charge in [-0.1, -0.05) is 73.7 Å². The van der Waals surface area contributed by atoms with Gasteiger partial charge in [-0.15, -0.1) is 0 Å². The van der Waals surface area contributed by atoms with E-state index in [0.717, 1.165) is 39.1 Å². The fraction of sp³-hybridized carbons (Fsp3) is 0.207. The lowest BCUT2D eigenvalue weighted by Crippen LogP contribution is -2.06. The number of allylic oxidation sites excluding steroid dienone is 1. The predicted molar refractivity (Wildman–Crippen MR) is 136 cm³/mol. The lowest BCUT2D eigenvalue weighted by atomic mass is 9.92. The van der Waals surface area contributed by atoms with Crippen molar-refractivity contribution in [3.05, 3.63) is 84.7 Å². The van der Waals surface area contributed by atoms with E-state index in [2.05, 4.69) is 31.2 Å². The molecule has 0 N–H and O–H groups in total. The fourth-order valence-electron chi connectivity index (χ4n) is 5.21. The van der Waals surface area contributed by atoms with Crippen molar-refractivity contribution in [1.82, 2.24) is 0 Å². The second-order valence-electron chi connectivity index (χ2n) is 9.28. The lowest BCUT2D eigenvalue weighted by Gasteiger charge is -2.17. The number of benzene rings is 4. The van der Waals surface area contributed by atoms with Crippen LogP contribution in [0, 0.1) is 11.8 Å². The molecule has 1 saturated carbocycles. The second-order valence-corrected chi connectivity index (χ2v) is 11.0. The van der Waals surface area contributed by atoms with Crippen LogP contribution in [0.3, 0.4) is 0 Å². The standard InChI is InChI=1S/C29H25O4P/c1-19(22-10-13-23(30)18-22)16-17-34(31)32-26-14-11-20-6-2-4-8-24(20)28(26)29-25-9-5-3-7-21(25)12-15-27(29)33-34/h2-9,11-12,14-17,19,22H,10,13,18H2,1H3/b17-16+/t19-,22-/m1/s1. The molecule has 1 fully saturated rings. The van der Waals surface area contributed by atoms with Crippen LogP contribution in [0.15, 0.2) is 84.7 Å². The third kappa shape index (κ3) is 3.63. The zero-order valence-corrected chi connectivity index (χ0v) is 19.8. The van der Waals surface area contributed by atoms with Gasteiger partial charge in [0, 0.05) is 29.8 Å². The van der Waals surface area contributed by atoms with Crippen LogP contribution in [0.2, 0.25) is 0 Å². The van der Waals surface area contributed by atoms with Crippen LogP contribution in [0.5, 0.6) is 11.5 Å². The van der Waals surface area contributed by atoms with E-state index in [0.29, 0.717) is 30.1 Å².